The van der Waals surface area contributed by atoms with Crippen LogP contribution < -0.4 is 5.32 Å². The van der Waals surface area contributed by atoms with Crippen molar-refractivity contribution in [3.63, 3.8) is 0 Å². The Hall–Kier alpha value is -2.47. The Morgan fingerprint density at radius 2 is 1.92 bits per heavy atom. The quantitative estimate of drug-likeness (QED) is 0.915. The summed E-state index contributed by atoms with van der Waals surface area (Å²) in [6.45, 7) is 3.09. The van der Waals surface area contributed by atoms with Gasteiger partial charge in [0.25, 0.3) is 5.91 Å². The number of nitrogens with zero attached hydrogens (tertiary/aromatic N) is 2. The standard InChI is InChI=1S/C18H20FN3O2/c19-15-3-1-14(2-4-15)7-8-20-16-5-6-17(21-13-16)18(23)22-9-11-24-12-10-22/h1-6,13,20H,7-12H2. The Morgan fingerprint density at radius 3 is 2.58 bits per heavy atom. The summed E-state index contributed by atoms with van der Waals surface area (Å²) in [4.78, 5) is 18.3. The molecule has 2 aromatic rings. The summed E-state index contributed by atoms with van der Waals surface area (Å²) in [5, 5.41) is 3.25. The third kappa shape index (κ3) is 4.29. The van der Waals surface area contributed by atoms with Crippen LogP contribution in [0.4, 0.5) is 10.1 Å². The van der Waals surface area contributed by atoms with Gasteiger partial charge >= 0.3 is 0 Å². The highest BCUT2D eigenvalue weighted by atomic mass is 19.1. The molecule has 1 aromatic carbocycles. The molecule has 1 saturated heterocycles. The summed E-state index contributed by atoms with van der Waals surface area (Å²) in [6, 6.07) is 10.1. The number of aromatic nitrogens is 1. The number of nitrogens with one attached hydrogen (secondary N) is 1. The molecule has 126 valence electrons. The topological polar surface area (TPSA) is 54.5 Å². The summed E-state index contributed by atoms with van der Waals surface area (Å²) in [6.07, 6.45) is 2.45. The van der Waals surface area contributed by atoms with E-state index in [2.05, 4.69) is 10.3 Å². The van der Waals surface area contributed by atoms with Crippen molar-refractivity contribution in [3.8, 4) is 0 Å². The summed E-state index contributed by atoms with van der Waals surface area (Å²) >= 11 is 0. The first-order valence-electron chi connectivity index (χ1n) is 8.04. The van der Waals surface area contributed by atoms with Crippen LogP contribution in [0, 0.1) is 5.82 Å². The van der Waals surface area contributed by atoms with Crippen LogP contribution in [-0.2, 0) is 11.2 Å². The van der Waals surface area contributed by atoms with Crippen molar-refractivity contribution in [2.24, 2.45) is 0 Å². The highest BCUT2D eigenvalue weighted by Gasteiger charge is 2.19. The van der Waals surface area contributed by atoms with Gasteiger partial charge in [-0.15, -0.1) is 0 Å². The second-order valence-corrected chi connectivity index (χ2v) is 5.64. The second-order valence-electron chi connectivity index (χ2n) is 5.64. The predicted octanol–water partition coefficient (Wildman–Crippen LogP) is 2.35. The predicted molar refractivity (Wildman–Crippen MR) is 89.6 cm³/mol. The number of morpholine rings is 1. The zero-order valence-corrected chi connectivity index (χ0v) is 13.4. The van der Waals surface area contributed by atoms with Crippen molar-refractivity contribution in [3.05, 3.63) is 59.7 Å². The minimum absolute atomic E-state index is 0.0591. The van der Waals surface area contributed by atoms with E-state index in [4.69, 9.17) is 4.74 Å². The lowest BCUT2D eigenvalue weighted by molar-refractivity contribution is 0.0299. The first kappa shape index (κ1) is 16.4. The minimum Gasteiger partial charge on any atom is -0.383 e. The number of rotatable bonds is 5. The van der Waals surface area contributed by atoms with Gasteiger partial charge in [-0.05, 0) is 36.2 Å². The van der Waals surface area contributed by atoms with Gasteiger partial charge in [-0.3, -0.25) is 4.79 Å². The van der Waals surface area contributed by atoms with Crippen molar-refractivity contribution < 1.29 is 13.9 Å². The molecule has 3 rings (SSSR count). The van der Waals surface area contributed by atoms with Gasteiger partial charge in [-0.25, -0.2) is 9.37 Å². The first-order chi connectivity index (χ1) is 11.7. The number of ether oxygens (including phenoxy) is 1. The number of anilines is 1. The molecule has 0 aliphatic carbocycles. The lowest BCUT2D eigenvalue weighted by Crippen LogP contribution is -2.41. The van der Waals surface area contributed by atoms with Crippen LogP contribution in [0.25, 0.3) is 0 Å². The fourth-order valence-corrected chi connectivity index (χ4v) is 2.56. The van der Waals surface area contributed by atoms with Crippen LogP contribution in [0.2, 0.25) is 0 Å². The number of carbonyl (C=O) groups is 1. The lowest BCUT2D eigenvalue weighted by atomic mass is 10.1. The largest absolute Gasteiger partial charge is 0.383 e. The zero-order valence-electron chi connectivity index (χ0n) is 13.4. The van der Waals surface area contributed by atoms with E-state index in [0.29, 0.717) is 38.5 Å². The lowest BCUT2D eigenvalue weighted by Gasteiger charge is -2.26. The van der Waals surface area contributed by atoms with E-state index < -0.39 is 0 Å². The highest BCUT2D eigenvalue weighted by Crippen LogP contribution is 2.10. The van der Waals surface area contributed by atoms with Gasteiger partial charge in [0.15, 0.2) is 0 Å². The molecule has 0 spiro atoms. The molecule has 1 aliphatic heterocycles. The molecule has 24 heavy (non-hydrogen) atoms. The first-order valence-corrected chi connectivity index (χ1v) is 8.04. The number of benzene rings is 1. The van der Waals surface area contributed by atoms with Gasteiger partial charge in [-0.2, -0.15) is 0 Å². The van der Waals surface area contributed by atoms with Crippen molar-refractivity contribution >= 4 is 11.6 Å². The van der Waals surface area contributed by atoms with Gasteiger partial charge in [-0.1, -0.05) is 12.1 Å². The minimum atomic E-state index is -0.226. The van der Waals surface area contributed by atoms with E-state index in [0.717, 1.165) is 17.7 Å². The van der Waals surface area contributed by atoms with Gasteiger partial charge in [0, 0.05) is 19.6 Å². The van der Waals surface area contributed by atoms with Gasteiger partial charge in [0.2, 0.25) is 0 Å². The SMILES string of the molecule is O=C(c1ccc(NCCc2ccc(F)cc2)cn1)N1CCOCC1. The zero-order chi connectivity index (χ0) is 16.8. The Labute approximate surface area is 140 Å². The van der Waals surface area contributed by atoms with Gasteiger partial charge in [0.05, 0.1) is 25.1 Å². The molecular formula is C18H20FN3O2. The molecule has 1 amide bonds. The van der Waals surface area contributed by atoms with Crippen molar-refractivity contribution in [2.45, 2.75) is 6.42 Å². The number of hydrogen-bond donors (Lipinski definition) is 1. The van der Waals surface area contributed by atoms with Crippen LogP contribution >= 0.6 is 0 Å². The Kier molecular flexibility index (Phi) is 5.38. The van der Waals surface area contributed by atoms with Crippen LogP contribution in [0.1, 0.15) is 16.1 Å². The summed E-state index contributed by atoms with van der Waals surface area (Å²) < 4.78 is 18.1. The third-order valence-electron chi connectivity index (χ3n) is 3.94. The number of hydrogen-bond acceptors (Lipinski definition) is 4. The van der Waals surface area contributed by atoms with E-state index >= 15 is 0 Å². The molecule has 1 N–H and O–H groups in total. The Balaban J connectivity index is 1.50. The maximum Gasteiger partial charge on any atom is 0.272 e. The molecule has 0 atom stereocenters. The normalized spacial score (nSPS) is 14.5. The fraction of sp³-hybridized carbons (Fsp3) is 0.333. The van der Waals surface area contributed by atoms with Crippen LogP contribution in [0.3, 0.4) is 0 Å². The molecule has 6 heteroatoms. The molecule has 0 saturated carbocycles. The molecule has 5 nitrogen and oxygen atoms in total. The number of amides is 1. The van der Waals surface area contributed by atoms with Crippen molar-refractivity contribution in [2.75, 3.05) is 38.2 Å². The van der Waals surface area contributed by atoms with Crippen LogP contribution in [0.15, 0.2) is 42.6 Å². The van der Waals surface area contributed by atoms with E-state index in [1.165, 1.54) is 12.1 Å². The van der Waals surface area contributed by atoms with Gasteiger partial charge in [0.1, 0.15) is 11.5 Å². The molecule has 1 fully saturated rings. The van der Waals surface area contributed by atoms with E-state index in [-0.39, 0.29) is 11.7 Å². The smallest absolute Gasteiger partial charge is 0.272 e. The van der Waals surface area contributed by atoms with E-state index in [9.17, 15) is 9.18 Å². The average molecular weight is 329 g/mol. The Morgan fingerprint density at radius 1 is 1.17 bits per heavy atom. The molecule has 0 unspecified atom stereocenters. The summed E-state index contributed by atoms with van der Waals surface area (Å²) in [7, 11) is 0. The van der Waals surface area contributed by atoms with Crippen LogP contribution in [-0.4, -0.2) is 48.6 Å². The molecule has 2 heterocycles. The summed E-state index contributed by atoms with van der Waals surface area (Å²) in [5.41, 5.74) is 2.37. The third-order valence-corrected chi connectivity index (χ3v) is 3.94. The van der Waals surface area contributed by atoms with Crippen LogP contribution in [0.5, 0.6) is 0 Å². The van der Waals surface area contributed by atoms with Crippen molar-refractivity contribution in [1.82, 2.24) is 9.88 Å². The van der Waals surface area contributed by atoms with E-state index in [1.807, 2.05) is 6.07 Å². The molecule has 0 bridgehead atoms. The Bertz CT molecular complexity index is 668. The second kappa shape index (κ2) is 7.88. The molecule has 1 aromatic heterocycles. The molecule has 0 radical (unpaired) electrons. The van der Waals surface area contributed by atoms with Crippen molar-refractivity contribution in [1.29, 1.82) is 0 Å². The monoisotopic (exact) mass is 329 g/mol. The van der Waals surface area contributed by atoms with E-state index in [1.54, 1.807) is 29.3 Å². The summed E-state index contributed by atoms with van der Waals surface area (Å²) in [5.74, 6) is -0.285. The number of halogens is 1. The molecular weight excluding hydrogens is 309 g/mol. The maximum absolute atomic E-state index is 12.8. The molecule has 1 aliphatic rings. The maximum atomic E-state index is 12.8. The number of carbonyl (C=O) groups excluding carboxylic acids is 1. The number of pyridine rings is 1. The van der Waals surface area contributed by atoms with Gasteiger partial charge < -0.3 is 15.0 Å². The fourth-order valence-electron chi connectivity index (χ4n) is 2.56. The average Bonchev–Trinajstić information content (AvgIpc) is 2.64. The highest BCUT2D eigenvalue weighted by molar-refractivity contribution is 5.92.